The summed E-state index contributed by atoms with van der Waals surface area (Å²) in [6, 6.07) is 16.2. The molecule has 0 saturated carbocycles. The maximum Gasteiger partial charge on any atom is 0.339 e. The van der Waals surface area contributed by atoms with Gasteiger partial charge in [0.15, 0.2) is 0 Å². The molecule has 3 rings (SSSR count). The third-order valence-electron chi connectivity index (χ3n) is 3.71. The second-order valence-electron chi connectivity index (χ2n) is 6.02. The van der Waals surface area contributed by atoms with E-state index in [0.717, 1.165) is 21.7 Å². The predicted molar refractivity (Wildman–Crippen MR) is 104 cm³/mol. The van der Waals surface area contributed by atoms with E-state index in [0.29, 0.717) is 5.39 Å². The van der Waals surface area contributed by atoms with Gasteiger partial charge in [0, 0.05) is 21.4 Å². The summed E-state index contributed by atoms with van der Waals surface area (Å²) in [5.74, 6) is -0.586. The molecular formula is C20H19NO4S. The van der Waals surface area contributed by atoms with E-state index in [4.69, 9.17) is 4.74 Å². The zero-order chi connectivity index (χ0) is 18.7. The predicted octanol–water partition coefficient (Wildman–Crippen LogP) is 5.15. The van der Waals surface area contributed by atoms with Crippen LogP contribution in [0, 0.1) is 0 Å². The van der Waals surface area contributed by atoms with Crippen molar-refractivity contribution in [2.24, 2.45) is 0 Å². The van der Waals surface area contributed by atoms with Crippen molar-refractivity contribution in [2.75, 3.05) is 4.72 Å². The van der Waals surface area contributed by atoms with Crippen molar-refractivity contribution in [1.82, 2.24) is 0 Å². The first-order valence-electron chi connectivity index (χ1n) is 8.13. The molecule has 0 unspecified atom stereocenters. The molecule has 0 radical (unpaired) electrons. The maximum atomic E-state index is 11.4. The van der Waals surface area contributed by atoms with Crippen LogP contribution in [0.25, 0.3) is 10.8 Å². The van der Waals surface area contributed by atoms with E-state index in [1.54, 1.807) is 12.1 Å². The highest BCUT2D eigenvalue weighted by Crippen LogP contribution is 2.37. The zero-order valence-corrected chi connectivity index (χ0v) is 15.2. The number of fused-ring (bicyclic) bond motifs is 1. The summed E-state index contributed by atoms with van der Waals surface area (Å²) in [4.78, 5) is 12.1. The third-order valence-corrected chi connectivity index (χ3v) is 4.61. The molecule has 6 heteroatoms. The van der Waals surface area contributed by atoms with Gasteiger partial charge in [-0.2, -0.15) is 0 Å². The first kappa shape index (κ1) is 17.9. The van der Waals surface area contributed by atoms with Crippen LogP contribution in [0.3, 0.4) is 0 Å². The van der Waals surface area contributed by atoms with Crippen LogP contribution in [0.15, 0.2) is 59.5 Å². The summed E-state index contributed by atoms with van der Waals surface area (Å²) in [6.45, 7) is 3.94. The summed E-state index contributed by atoms with van der Waals surface area (Å²) in [5.41, 5.74) is 0.744. The lowest BCUT2D eigenvalue weighted by molar-refractivity contribution is 0.0693. The molecule has 0 aromatic heterocycles. The fourth-order valence-corrected chi connectivity index (χ4v) is 3.39. The minimum Gasteiger partial charge on any atom is -0.506 e. The number of benzene rings is 3. The van der Waals surface area contributed by atoms with Crippen LogP contribution >= 0.6 is 11.9 Å². The summed E-state index contributed by atoms with van der Waals surface area (Å²) in [7, 11) is 0. The van der Waals surface area contributed by atoms with Crippen molar-refractivity contribution < 1.29 is 19.7 Å². The topological polar surface area (TPSA) is 78.8 Å². The molecule has 3 aromatic carbocycles. The number of rotatable bonds is 6. The molecule has 0 saturated heterocycles. The average Bonchev–Trinajstić information content (AvgIpc) is 2.62. The van der Waals surface area contributed by atoms with Crippen LogP contribution in [0.5, 0.6) is 11.5 Å². The molecule has 3 aromatic rings. The number of aromatic carboxylic acids is 1. The number of aromatic hydroxyl groups is 1. The molecule has 26 heavy (non-hydrogen) atoms. The van der Waals surface area contributed by atoms with Gasteiger partial charge in [-0.1, -0.05) is 24.3 Å². The lowest BCUT2D eigenvalue weighted by Crippen LogP contribution is -2.05. The van der Waals surface area contributed by atoms with E-state index in [9.17, 15) is 15.0 Å². The minimum absolute atomic E-state index is 0.112. The van der Waals surface area contributed by atoms with E-state index < -0.39 is 5.97 Å². The van der Waals surface area contributed by atoms with Crippen molar-refractivity contribution in [3.63, 3.8) is 0 Å². The molecule has 0 spiro atoms. The molecule has 0 atom stereocenters. The van der Waals surface area contributed by atoms with E-state index in [1.807, 2.05) is 50.2 Å². The first-order valence-corrected chi connectivity index (χ1v) is 8.95. The van der Waals surface area contributed by atoms with Gasteiger partial charge < -0.3 is 19.7 Å². The van der Waals surface area contributed by atoms with Gasteiger partial charge in [-0.15, -0.1) is 0 Å². The third kappa shape index (κ3) is 3.86. The van der Waals surface area contributed by atoms with Crippen molar-refractivity contribution in [3.05, 3.63) is 60.2 Å². The molecule has 0 amide bonds. The van der Waals surface area contributed by atoms with Gasteiger partial charge in [-0.25, -0.2) is 4.79 Å². The highest BCUT2D eigenvalue weighted by molar-refractivity contribution is 8.00. The first-order chi connectivity index (χ1) is 12.5. The molecular weight excluding hydrogens is 350 g/mol. The van der Waals surface area contributed by atoms with E-state index in [1.165, 1.54) is 18.0 Å². The van der Waals surface area contributed by atoms with Gasteiger partial charge in [0.05, 0.1) is 6.10 Å². The molecule has 134 valence electrons. The molecule has 5 nitrogen and oxygen atoms in total. The standard InChI is InChI=1S/C20H19NO4S/c1-12(2)25-14-9-7-13(8-10-14)21-26-18-11-17(20(23)24)19(22)16-6-4-3-5-15(16)18/h3-12,21-22H,1-2H3,(H,23,24). The Bertz CT molecular complexity index is 938. The number of nitrogens with one attached hydrogen (secondary N) is 1. The number of ether oxygens (including phenoxy) is 1. The summed E-state index contributed by atoms with van der Waals surface area (Å²) in [6.07, 6.45) is 0.112. The van der Waals surface area contributed by atoms with Crippen LogP contribution < -0.4 is 9.46 Å². The van der Waals surface area contributed by atoms with Gasteiger partial charge >= 0.3 is 5.97 Å². The van der Waals surface area contributed by atoms with Crippen molar-refractivity contribution in [1.29, 1.82) is 0 Å². The van der Waals surface area contributed by atoms with Crippen LogP contribution in [0.1, 0.15) is 24.2 Å². The summed E-state index contributed by atoms with van der Waals surface area (Å²) >= 11 is 1.30. The Morgan fingerprint density at radius 2 is 1.73 bits per heavy atom. The quantitative estimate of drug-likeness (QED) is 0.522. The van der Waals surface area contributed by atoms with Crippen molar-refractivity contribution >= 4 is 34.4 Å². The number of anilines is 1. The zero-order valence-electron chi connectivity index (χ0n) is 14.4. The Morgan fingerprint density at radius 1 is 1.08 bits per heavy atom. The highest BCUT2D eigenvalue weighted by Gasteiger charge is 2.16. The Kier molecular flexibility index (Phi) is 5.23. The highest BCUT2D eigenvalue weighted by atomic mass is 32.2. The lowest BCUT2D eigenvalue weighted by atomic mass is 10.1. The number of carboxylic acid groups (broad SMARTS) is 1. The number of carboxylic acids is 1. The Balaban J connectivity index is 1.87. The number of phenols is 1. The normalized spacial score (nSPS) is 10.9. The number of hydrogen-bond acceptors (Lipinski definition) is 5. The summed E-state index contributed by atoms with van der Waals surface area (Å²) < 4.78 is 8.82. The van der Waals surface area contributed by atoms with E-state index >= 15 is 0 Å². The minimum atomic E-state index is -1.16. The van der Waals surface area contributed by atoms with Gasteiger partial charge in [0.1, 0.15) is 17.1 Å². The Morgan fingerprint density at radius 3 is 2.35 bits per heavy atom. The Hall–Kier alpha value is -2.86. The Labute approximate surface area is 155 Å². The van der Waals surface area contributed by atoms with E-state index in [-0.39, 0.29) is 17.4 Å². The molecule has 0 aliphatic carbocycles. The van der Waals surface area contributed by atoms with Gasteiger partial charge in [-0.3, -0.25) is 0 Å². The van der Waals surface area contributed by atoms with Crippen molar-refractivity contribution in [2.45, 2.75) is 24.8 Å². The van der Waals surface area contributed by atoms with Crippen LogP contribution in [-0.4, -0.2) is 22.3 Å². The molecule has 0 aliphatic heterocycles. The monoisotopic (exact) mass is 369 g/mol. The maximum absolute atomic E-state index is 11.4. The second-order valence-corrected chi connectivity index (χ2v) is 6.86. The van der Waals surface area contributed by atoms with Crippen LogP contribution in [-0.2, 0) is 0 Å². The number of hydrogen-bond donors (Lipinski definition) is 3. The smallest absolute Gasteiger partial charge is 0.339 e. The van der Waals surface area contributed by atoms with Gasteiger partial charge in [-0.05, 0) is 56.1 Å². The molecule has 0 aliphatic rings. The average molecular weight is 369 g/mol. The van der Waals surface area contributed by atoms with Crippen LogP contribution in [0.4, 0.5) is 5.69 Å². The molecule has 0 bridgehead atoms. The largest absolute Gasteiger partial charge is 0.506 e. The molecule has 3 N–H and O–H groups in total. The second kappa shape index (κ2) is 7.58. The fraction of sp³-hybridized carbons (Fsp3) is 0.150. The molecule has 0 fully saturated rings. The molecule has 0 heterocycles. The van der Waals surface area contributed by atoms with Crippen LogP contribution in [0.2, 0.25) is 0 Å². The SMILES string of the molecule is CC(C)Oc1ccc(NSc2cc(C(=O)O)c(O)c3ccccc23)cc1. The fourth-order valence-electron chi connectivity index (χ4n) is 2.56. The van der Waals surface area contributed by atoms with Gasteiger partial charge in [0.2, 0.25) is 0 Å². The summed E-state index contributed by atoms with van der Waals surface area (Å²) in [5, 5.41) is 20.8. The van der Waals surface area contributed by atoms with Gasteiger partial charge in [0.25, 0.3) is 0 Å². The van der Waals surface area contributed by atoms with E-state index in [2.05, 4.69) is 4.72 Å². The van der Waals surface area contributed by atoms with Crippen molar-refractivity contribution in [3.8, 4) is 11.5 Å². The lowest BCUT2D eigenvalue weighted by Gasteiger charge is -2.13. The number of carbonyl (C=O) groups is 1.